The van der Waals surface area contributed by atoms with E-state index in [1.165, 1.54) is 12.8 Å². The molecule has 4 rings (SSSR count). The van der Waals surface area contributed by atoms with E-state index in [4.69, 9.17) is 4.98 Å². The summed E-state index contributed by atoms with van der Waals surface area (Å²) in [5, 5.41) is 0. The molecule has 29 heavy (non-hydrogen) atoms. The Hall–Kier alpha value is -2.83. The summed E-state index contributed by atoms with van der Waals surface area (Å²) in [6.45, 7) is 7.08. The van der Waals surface area contributed by atoms with Crippen molar-refractivity contribution in [1.82, 2.24) is 14.9 Å². The molecule has 0 bridgehead atoms. The molecule has 1 aromatic heterocycles. The highest BCUT2D eigenvalue weighted by atomic mass is 16.2. The number of hydrogen-bond donors (Lipinski definition) is 0. The molecule has 2 aliphatic rings. The van der Waals surface area contributed by atoms with Gasteiger partial charge < -0.3 is 19.6 Å². The average molecular weight is 395 g/mol. The maximum Gasteiger partial charge on any atom is 0.254 e. The summed E-state index contributed by atoms with van der Waals surface area (Å²) < 4.78 is 0. The van der Waals surface area contributed by atoms with Gasteiger partial charge in [0.25, 0.3) is 5.91 Å². The Morgan fingerprint density at radius 3 is 2.34 bits per heavy atom. The van der Waals surface area contributed by atoms with E-state index in [2.05, 4.69) is 20.9 Å². The van der Waals surface area contributed by atoms with E-state index in [-0.39, 0.29) is 5.91 Å². The van der Waals surface area contributed by atoms with Crippen LogP contribution in [-0.2, 0) is 0 Å². The van der Waals surface area contributed by atoms with Gasteiger partial charge in [0.05, 0.1) is 0 Å². The zero-order valence-electron chi connectivity index (χ0n) is 17.6. The molecule has 154 valence electrons. The van der Waals surface area contributed by atoms with Crippen LogP contribution in [0.1, 0.15) is 28.9 Å². The van der Waals surface area contributed by atoms with Crippen molar-refractivity contribution in [3.05, 3.63) is 41.6 Å². The third-order valence-electron chi connectivity index (χ3n) is 5.72. The number of rotatable bonds is 4. The molecule has 3 heterocycles. The molecule has 0 radical (unpaired) electrons. The van der Waals surface area contributed by atoms with Crippen LogP contribution in [0.3, 0.4) is 0 Å². The molecule has 0 saturated carbocycles. The van der Waals surface area contributed by atoms with Gasteiger partial charge in [-0.2, -0.15) is 4.98 Å². The second-order valence-corrected chi connectivity index (χ2v) is 8.09. The fraction of sp³-hybridized carbons (Fsp3) is 0.500. The van der Waals surface area contributed by atoms with Crippen LogP contribution in [0.15, 0.2) is 30.3 Å². The van der Waals surface area contributed by atoms with Crippen LogP contribution in [0, 0.1) is 6.92 Å². The average Bonchev–Trinajstić information content (AvgIpc) is 3.28. The molecule has 0 spiro atoms. The van der Waals surface area contributed by atoms with Crippen molar-refractivity contribution in [1.29, 1.82) is 0 Å². The van der Waals surface area contributed by atoms with Gasteiger partial charge in [-0.05, 0) is 38.0 Å². The van der Waals surface area contributed by atoms with Gasteiger partial charge in [-0.25, -0.2) is 4.98 Å². The maximum atomic E-state index is 13.0. The zero-order valence-corrected chi connectivity index (χ0v) is 17.6. The number of aromatic nitrogens is 2. The number of benzene rings is 1. The lowest BCUT2D eigenvalue weighted by Gasteiger charge is -2.36. The number of carbonyl (C=O) groups excluding carboxylic acids is 1. The molecule has 7 heteroatoms. The molecule has 0 unspecified atom stereocenters. The van der Waals surface area contributed by atoms with Crippen molar-refractivity contribution >= 4 is 23.4 Å². The highest BCUT2D eigenvalue weighted by Crippen LogP contribution is 2.22. The molecule has 7 nitrogen and oxygen atoms in total. The smallest absolute Gasteiger partial charge is 0.254 e. The van der Waals surface area contributed by atoms with Crippen LogP contribution < -0.4 is 14.7 Å². The molecule has 2 aromatic rings. The van der Waals surface area contributed by atoms with E-state index >= 15 is 0 Å². The Balaban J connectivity index is 1.43. The number of nitrogens with zero attached hydrogens (tertiary/aromatic N) is 6. The predicted molar refractivity (Wildman–Crippen MR) is 117 cm³/mol. The summed E-state index contributed by atoms with van der Waals surface area (Å²) in [5.74, 6) is 1.92. The molecule has 1 aromatic carbocycles. The molecule has 0 atom stereocenters. The predicted octanol–water partition coefficient (Wildman–Crippen LogP) is 2.41. The number of aryl methyl sites for hydroxylation is 1. The van der Waals surface area contributed by atoms with Gasteiger partial charge in [0, 0.05) is 76.4 Å². The van der Waals surface area contributed by atoms with Gasteiger partial charge in [-0.1, -0.05) is 6.07 Å². The van der Waals surface area contributed by atoms with Crippen molar-refractivity contribution in [2.24, 2.45) is 0 Å². The van der Waals surface area contributed by atoms with Crippen LogP contribution in [0.5, 0.6) is 0 Å². The van der Waals surface area contributed by atoms with Crippen molar-refractivity contribution in [2.75, 3.05) is 68.1 Å². The summed E-state index contributed by atoms with van der Waals surface area (Å²) in [4.78, 5) is 30.9. The van der Waals surface area contributed by atoms with Crippen LogP contribution in [0.25, 0.3) is 0 Å². The van der Waals surface area contributed by atoms with Crippen molar-refractivity contribution in [3.63, 3.8) is 0 Å². The quantitative estimate of drug-likeness (QED) is 0.794. The van der Waals surface area contributed by atoms with Crippen molar-refractivity contribution in [3.8, 4) is 0 Å². The van der Waals surface area contributed by atoms with E-state index in [1.807, 2.05) is 55.1 Å². The Morgan fingerprint density at radius 1 is 0.931 bits per heavy atom. The summed E-state index contributed by atoms with van der Waals surface area (Å²) >= 11 is 0. The van der Waals surface area contributed by atoms with Gasteiger partial charge in [-0.15, -0.1) is 0 Å². The first-order chi connectivity index (χ1) is 14.0. The number of hydrogen-bond acceptors (Lipinski definition) is 6. The Morgan fingerprint density at radius 2 is 1.66 bits per heavy atom. The number of amides is 1. The highest BCUT2D eigenvalue weighted by molar-refractivity contribution is 5.95. The second-order valence-electron chi connectivity index (χ2n) is 8.09. The molecule has 2 fully saturated rings. The van der Waals surface area contributed by atoms with E-state index in [1.54, 1.807) is 0 Å². The Kier molecular flexibility index (Phi) is 5.56. The standard InChI is InChI=1S/C22H30N6O/c1-17-15-20(24-22(23-17)28-9-4-5-10-28)26-11-13-27(14-12-26)21(29)18-7-6-8-19(16-18)25(2)3/h6-8,15-16H,4-5,9-14H2,1-3H3. The first-order valence-electron chi connectivity index (χ1n) is 10.4. The largest absolute Gasteiger partial charge is 0.378 e. The van der Waals surface area contributed by atoms with Crippen LogP contribution in [-0.4, -0.2) is 74.1 Å². The molecule has 0 N–H and O–H groups in total. The molecule has 2 saturated heterocycles. The van der Waals surface area contributed by atoms with E-state index in [0.717, 1.165) is 54.9 Å². The fourth-order valence-electron chi connectivity index (χ4n) is 4.00. The lowest BCUT2D eigenvalue weighted by Crippen LogP contribution is -2.49. The Labute approximate surface area is 172 Å². The maximum absolute atomic E-state index is 13.0. The number of carbonyl (C=O) groups is 1. The molecular weight excluding hydrogens is 364 g/mol. The summed E-state index contributed by atoms with van der Waals surface area (Å²) in [6, 6.07) is 9.88. The zero-order chi connectivity index (χ0) is 20.4. The fourth-order valence-corrected chi connectivity index (χ4v) is 4.00. The molecule has 0 aliphatic carbocycles. The summed E-state index contributed by atoms with van der Waals surface area (Å²) in [6.07, 6.45) is 2.42. The lowest BCUT2D eigenvalue weighted by atomic mass is 10.1. The van der Waals surface area contributed by atoms with Crippen molar-refractivity contribution < 1.29 is 4.79 Å². The molecular formula is C22H30N6O. The molecule has 1 amide bonds. The SMILES string of the molecule is Cc1cc(N2CCN(C(=O)c3cccc(N(C)C)c3)CC2)nc(N2CCCC2)n1. The third-order valence-corrected chi connectivity index (χ3v) is 5.72. The molecule has 2 aliphatic heterocycles. The first-order valence-corrected chi connectivity index (χ1v) is 10.4. The van der Waals surface area contributed by atoms with E-state index < -0.39 is 0 Å². The third kappa shape index (κ3) is 4.28. The number of piperazine rings is 1. The monoisotopic (exact) mass is 394 g/mol. The van der Waals surface area contributed by atoms with Gasteiger partial charge in [0.2, 0.25) is 5.95 Å². The number of anilines is 3. The summed E-state index contributed by atoms with van der Waals surface area (Å²) in [5.41, 5.74) is 2.79. The van der Waals surface area contributed by atoms with E-state index in [9.17, 15) is 4.79 Å². The first kappa shape index (κ1) is 19.5. The minimum atomic E-state index is 0.102. The van der Waals surface area contributed by atoms with Crippen molar-refractivity contribution in [2.45, 2.75) is 19.8 Å². The van der Waals surface area contributed by atoms with Crippen LogP contribution >= 0.6 is 0 Å². The van der Waals surface area contributed by atoms with Gasteiger partial charge in [0.1, 0.15) is 5.82 Å². The minimum absolute atomic E-state index is 0.102. The second kappa shape index (κ2) is 8.27. The summed E-state index contributed by atoms with van der Waals surface area (Å²) in [7, 11) is 3.98. The normalized spacial score (nSPS) is 17.0. The van der Waals surface area contributed by atoms with Gasteiger partial charge >= 0.3 is 0 Å². The van der Waals surface area contributed by atoms with Crippen LogP contribution in [0.4, 0.5) is 17.5 Å². The minimum Gasteiger partial charge on any atom is -0.378 e. The van der Waals surface area contributed by atoms with Crippen LogP contribution in [0.2, 0.25) is 0 Å². The van der Waals surface area contributed by atoms with Gasteiger partial charge in [-0.3, -0.25) is 4.79 Å². The Bertz CT molecular complexity index is 869. The van der Waals surface area contributed by atoms with E-state index in [0.29, 0.717) is 13.1 Å². The topological polar surface area (TPSA) is 55.8 Å². The highest BCUT2D eigenvalue weighted by Gasteiger charge is 2.24. The lowest BCUT2D eigenvalue weighted by molar-refractivity contribution is 0.0746. The van der Waals surface area contributed by atoms with Gasteiger partial charge in [0.15, 0.2) is 0 Å².